The average molecular weight is 383 g/mol. The van der Waals surface area contributed by atoms with Crippen LogP contribution in [0.15, 0.2) is 47.6 Å². The number of nitrogens with zero attached hydrogens (tertiary/aromatic N) is 1. The first-order chi connectivity index (χ1) is 9.74. The average Bonchev–Trinajstić information content (AvgIpc) is 2.48. The van der Waals surface area contributed by atoms with Crippen LogP contribution in [0.2, 0.25) is 0 Å². The first kappa shape index (κ1) is 14.8. The Morgan fingerprint density at radius 2 is 1.90 bits per heavy atom. The maximum atomic E-state index is 10.4. The molecular weight excluding hydrogens is 369 g/mol. The fourth-order valence-electron chi connectivity index (χ4n) is 1.78. The number of rotatable bonds is 6. The lowest BCUT2D eigenvalue weighted by Gasteiger charge is -2.13. The van der Waals surface area contributed by atoms with Crippen molar-refractivity contribution < 1.29 is 9.47 Å². The van der Waals surface area contributed by atoms with Crippen molar-refractivity contribution in [3.05, 3.63) is 62.1 Å². The van der Waals surface area contributed by atoms with E-state index in [1.807, 2.05) is 42.5 Å². The smallest absolute Gasteiger partial charge is 0.162 e. The highest BCUT2D eigenvalue weighted by Crippen LogP contribution is 2.32. The van der Waals surface area contributed by atoms with Crippen molar-refractivity contribution in [2.75, 3.05) is 7.11 Å². The van der Waals surface area contributed by atoms with E-state index >= 15 is 0 Å². The maximum Gasteiger partial charge on any atom is 0.162 e. The van der Waals surface area contributed by atoms with Crippen molar-refractivity contribution >= 4 is 22.6 Å². The molecule has 0 bridgehead atoms. The minimum Gasteiger partial charge on any atom is -0.493 e. The van der Waals surface area contributed by atoms with Gasteiger partial charge in [-0.2, -0.15) is 4.91 Å². The van der Waals surface area contributed by atoms with Crippen LogP contribution in [0.25, 0.3) is 0 Å². The van der Waals surface area contributed by atoms with Gasteiger partial charge in [-0.15, -0.1) is 0 Å². The van der Waals surface area contributed by atoms with E-state index in [0.717, 1.165) is 14.7 Å². The zero-order valence-electron chi connectivity index (χ0n) is 11.0. The van der Waals surface area contributed by atoms with E-state index in [1.54, 1.807) is 7.11 Å². The molecule has 0 unspecified atom stereocenters. The molecule has 2 aromatic carbocycles. The molecule has 20 heavy (non-hydrogen) atoms. The third-order valence-electron chi connectivity index (χ3n) is 2.80. The zero-order valence-corrected chi connectivity index (χ0v) is 13.2. The van der Waals surface area contributed by atoms with Crippen molar-refractivity contribution in [1.82, 2.24) is 0 Å². The second-order valence-corrected chi connectivity index (χ2v) is 5.32. The summed E-state index contributed by atoms with van der Waals surface area (Å²) < 4.78 is 12.0. The standard InChI is InChI=1S/C15H14INO3/c1-19-14-8-13(16)12(9-17-18)7-15(14)20-10-11-5-3-2-4-6-11/h2-8H,9-10H2,1H3. The molecule has 0 aliphatic carbocycles. The van der Waals surface area contributed by atoms with Crippen LogP contribution >= 0.6 is 22.6 Å². The molecule has 0 aliphatic rings. The molecule has 0 atom stereocenters. The van der Waals surface area contributed by atoms with Crippen molar-refractivity contribution in [2.45, 2.75) is 13.2 Å². The summed E-state index contributed by atoms with van der Waals surface area (Å²) in [7, 11) is 1.60. The molecule has 0 spiro atoms. The van der Waals surface area contributed by atoms with Crippen LogP contribution < -0.4 is 9.47 Å². The molecule has 2 rings (SSSR count). The Kier molecular flexibility index (Phi) is 5.34. The second kappa shape index (κ2) is 7.23. The summed E-state index contributed by atoms with van der Waals surface area (Å²) >= 11 is 2.15. The lowest BCUT2D eigenvalue weighted by Crippen LogP contribution is -1.99. The van der Waals surface area contributed by atoms with Gasteiger partial charge in [-0.3, -0.25) is 0 Å². The van der Waals surface area contributed by atoms with Gasteiger partial charge in [0.2, 0.25) is 0 Å². The molecule has 2 aromatic rings. The maximum absolute atomic E-state index is 10.4. The molecule has 0 aliphatic heterocycles. The quantitative estimate of drug-likeness (QED) is 0.556. The van der Waals surface area contributed by atoms with Gasteiger partial charge in [-0.25, -0.2) is 0 Å². The summed E-state index contributed by atoms with van der Waals surface area (Å²) in [6.45, 7) is 0.579. The minimum atomic E-state index is 0.129. The summed E-state index contributed by atoms with van der Waals surface area (Å²) in [5.41, 5.74) is 1.91. The van der Waals surface area contributed by atoms with Gasteiger partial charge in [0.15, 0.2) is 11.5 Å². The summed E-state index contributed by atoms with van der Waals surface area (Å²) in [5.74, 6) is 1.27. The number of hydrogen-bond acceptors (Lipinski definition) is 4. The van der Waals surface area contributed by atoms with Gasteiger partial charge >= 0.3 is 0 Å². The highest BCUT2D eigenvalue weighted by Gasteiger charge is 2.10. The first-order valence-corrected chi connectivity index (χ1v) is 7.14. The third-order valence-corrected chi connectivity index (χ3v) is 3.81. The van der Waals surface area contributed by atoms with E-state index in [-0.39, 0.29) is 6.54 Å². The van der Waals surface area contributed by atoms with Crippen LogP contribution in [0.4, 0.5) is 0 Å². The predicted octanol–water partition coefficient (Wildman–Crippen LogP) is 4.15. The molecule has 0 saturated carbocycles. The Labute approximate surface area is 131 Å². The van der Waals surface area contributed by atoms with Crippen molar-refractivity contribution in [3.8, 4) is 11.5 Å². The molecule has 0 fully saturated rings. The van der Waals surface area contributed by atoms with Gasteiger partial charge in [0.25, 0.3) is 0 Å². The van der Waals surface area contributed by atoms with Crippen molar-refractivity contribution in [3.63, 3.8) is 0 Å². The van der Waals surface area contributed by atoms with Crippen molar-refractivity contribution in [2.24, 2.45) is 5.18 Å². The molecule has 0 N–H and O–H groups in total. The third kappa shape index (κ3) is 3.69. The number of benzene rings is 2. The Morgan fingerprint density at radius 1 is 1.15 bits per heavy atom. The van der Waals surface area contributed by atoms with Crippen LogP contribution in [0, 0.1) is 8.48 Å². The van der Waals surface area contributed by atoms with E-state index in [4.69, 9.17) is 9.47 Å². The van der Waals surface area contributed by atoms with Gasteiger partial charge in [0.1, 0.15) is 13.2 Å². The fraction of sp³-hybridized carbons (Fsp3) is 0.200. The zero-order chi connectivity index (χ0) is 14.4. The topological polar surface area (TPSA) is 47.9 Å². The van der Waals surface area contributed by atoms with E-state index in [2.05, 4.69) is 27.8 Å². The molecule has 0 aromatic heterocycles. The molecule has 0 radical (unpaired) electrons. The van der Waals surface area contributed by atoms with E-state index in [9.17, 15) is 4.91 Å². The van der Waals surface area contributed by atoms with Gasteiger partial charge in [0.05, 0.1) is 7.11 Å². The molecule has 4 nitrogen and oxygen atoms in total. The van der Waals surface area contributed by atoms with E-state index in [0.29, 0.717) is 18.1 Å². The highest BCUT2D eigenvalue weighted by atomic mass is 127. The molecule has 5 heteroatoms. The number of ether oxygens (including phenoxy) is 2. The number of methoxy groups -OCH3 is 1. The van der Waals surface area contributed by atoms with E-state index < -0.39 is 0 Å². The molecule has 0 saturated heterocycles. The van der Waals surface area contributed by atoms with Crippen LogP contribution in [0.5, 0.6) is 11.5 Å². The summed E-state index contributed by atoms with van der Waals surface area (Å²) in [4.78, 5) is 10.4. The largest absolute Gasteiger partial charge is 0.493 e. The van der Waals surface area contributed by atoms with Gasteiger partial charge in [-0.05, 0) is 45.9 Å². The molecule has 0 amide bonds. The normalized spacial score (nSPS) is 10.1. The fourth-order valence-corrected chi connectivity index (χ4v) is 2.38. The summed E-state index contributed by atoms with van der Waals surface area (Å²) in [6.07, 6.45) is 0. The van der Waals surface area contributed by atoms with Crippen molar-refractivity contribution in [1.29, 1.82) is 0 Å². The SMILES string of the molecule is COc1cc(I)c(CN=O)cc1OCc1ccccc1. The van der Waals surface area contributed by atoms with Gasteiger partial charge in [-0.1, -0.05) is 35.5 Å². The molecular formula is C15H14INO3. The number of hydrogen-bond donors (Lipinski definition) is 0. The van der Waals surface area contributed by atoms with Gasteiger partial charge < -0.3 is 9.47 Å². The predicted molar refractivity (Wildman–Crippen MR) is 86.0 cm³/mol. The monoisotopic (exact) mass is 383 g/mol. The van der Waals surface area contributed by atoms with Crippen LogP contribution in [0.3, 0.4) is 0 Å². The molecule has 104 valence electrons. The Bertz CT molecular complexity index is 587. The molecule has 0 heterocycles. The van der Waals surface area contributed by atoms with Gasteiger partial charge in [0, 0.05) is 3.57 Å². The lowest BCUT2D eigenvalue weighted by molar-refractivity contribution is 0.284. The Balaban J connectivity index is 2.20. The van der Waals surface area contributed by atoms with E-state index in [1.165, 1.54) is 0 Å². The Hall–Kier alpha value is -1.63. The lowest BCUT2D eigenvalue weighted by atomic mass is 10.2. The number of nitroso groups, excluding NO2 is 1. The second-order valence-electron chi connectivity index (χ2n) is 4.16. The highest BCUT2D eigenvalue weighted by molar-refractivity contribution is 14.1. The first-order valence-electron chi connectivity index (χ1n) is 6.07. The number of halogens is 1. The Morgan fingerprint density at radius 3 is 2.55 bits per heavy atom. The van der Waals surface area contributed by atoms with Crippen LogP contribution in [-0.2, 0) is 13.2 Å². The van der Waals surface area contributed by atoms with Crippen LogP contribution in [0.1, 0.15) is 11.1 Å². The summed E-state index contributed by atoms with van der Waals surface area (Å²) in [5, 5.41) is 2.93. The summed E-state index contributed by atoms with van der Waals surface area (Å²) in [6, 6.07) is 13.5. The van der Waals surface area contributed by atoms with Crippen LogP contribution in [-0.4, -0.2) is 7.11 Å². The minimum absolute atomic E-state index is 0.129.